The first-order chi connectivity index (χ1) is 11.7. The monoisotopic (exact) mass is 315 g/mol. The Balaban J connectivity index is 1.81. The minimum absolute atomic E-state index is 0.722. The lowest BCUT2D eigenvalue weighted by Crippen LogP contribution is -1.94. The van der Waals surface area contributed by atoms with Gasteiger partial charge in [-0.25, -0.2) is 15.0 Å². The van der Waals surface area contributed by atoms with E-state index < -0.39 is 0 Å². The van der Waals surface area contributed by atoms with Crippen molar-refractivity contribution in [3.05, 3.63) is 66.7 Å². The maximum atomic E-state index is 4.55. The number of nitrogens with one attached hydrogen (secondary N) is 1. The molecule has 0 fully saturated rings. The molecule has 3 aromatic heterocycles. The van der Waals surface area contributed by atoms with Crippen LogP contribution in [0.3, 0.4) is 0 Å². The highest BCUT2D eigenvalue weighted by Crippen LogP contribution is 2.25. The van der Waals surface area contributed by atoms with E-state index in [1.165, 1.54) is 0 Å². The Kier molecular flexibility index (Phi) is 3.46. The molecule has 0 aliphatic rings. The van der Waals surface area contributed by atoms with Crippen LogP contribution >= 0.6 is 0 Å². The van der Waals surface area contributed by atoms with Gasteiger partial charge in [-0.05, 0) is 37.3 Å². The molecule has 5 nitrogen and oxygen atoms in total. The van der Waals surface area contributed by atoms with Crippen LogP contribution in [0.15, 0.2) is 61.1 Å². The predicted molar refractivity (Wildman–Crippen MR) is 95.9 cm³/mol. The summed E-state index contributed by atoms with van der Waals surface area (Å²) in [5.41, 5.74) is 6.04. The van der Waals surface area contributed by atoms with Crippen molar-refractivity contribution in [2.75, 3.05) is 12.4 Å². The molecule has 4 aromatic rings. The largest absolute Gasteiger partial charge is 0.388 e. The van der Waals surface area contributed by atoms with Crippen molar-refractivity contribution in [2.45, 2.75) is 6.92 Å². The number of hydrogen-bond acceptors (Lipinski definition) is 4. The SMILES string of the molecule is CNc1cccc(-c2cnc3cc(-c4nccc(C)n4)ccn23)c1. The first-order valence-electron chi connectivity index (χ1n) is 7.80. The molecule has 0 aliphatic heterocycles. The Hall–Kier alpha value is -3.21. The molecule has 1 aromatic carbocycles. The molecule has 0 saturated heterocycles. The van der Waals surface area contributed by atoms with Crippen molar-refractivity contribution in [1.29, 1.82) is 0 Å². The molecule has 0 unspecified atom stereocenters. The second-order valence-corrected chi connectivity index (χ2v) is 5.64. The summed E-state index contributed by atoms with van der Waals surface area (Å²) in [6, 6.07) is 14.2. The normalized spacial score (nSPS) is 10.9. The van der Waals surface area contributed by atoms with E-state index in [2.05, 4.69) is 36.8 Å². The molecule has 3 heterocycles. The minimum atomic E-state index is 0.722. The van der Waals surface area contributed by atoms with Crippen molar-refractivity contribution in [3.8, 4) is 22.6 Å². The fraction of sp³-hybridized carbons (Fsp3) is 0.105. The Morgan fingerprint density at radius 2 is 1.92 bits per heavy atom. The Morgan fingerprint density at radius 3 is 2.75 bits per heavy atom. The second kappa shape index (κ2) is 5.77. The van der Waals surface area contributed by atoms with Gasteiger partial charge in [0.15, 0.2) is 5.82 Å². The first-order valence-corrected chi connectivity index (χ1v) is 7.80. The van der Waals surface area contributed by atoms with Crippen molar-refractivity contribution in [1.82, 2.24) is 19.4 Å². The predicted octanol–water partition coefficient (Wildman–Crippen LogP) is 3.81. The number of hydrogen-bond donors (Lipinski definition) is 1. The summed E-state index contributed by atoms with van der Waals surface area (Å²) < 4.78 is 2.08. The molecule has 118 valence electrons. The third-order valence-corrected chi connectivity index (χ3v) is 4.01. The van der Waals surface area contributed by atoms with E-state index >= 15 is 0 Å². The van der Waals surface area contributed by atoms with Crippen LogP contribution in [0.25, 0.3) is 28.3 Å². The van der Waals surface area contributed by atoms with Gasteiger partial charge >= 0.3 is 0 Å². The summed E-state index contributed by atoms with van der Waals surface area (Å²) in [5.74, 6) is 0.722. The van der Waals surface area contributed by atoms with E-state index in [0.717, 1.165) is 39.7 Å². The summed E-state index contributed by atoms with van der Waals surface area (Å²) in [6.45, 7) is 1.96. The highest BCUT2D eigenvalue weighted by molar-refractivity contribution is 5.70. The van der Waals surface area contributed by atoms with Crippen LogP contribution in [-0.4, -0.2) is 26.4 Å². The molecular weight excluding hydrogens is 298 g/mol. The van der Waals surface area contributed by atoms with Gasteiger partial charge in [-0.1, -0.05) is 12.1 Å². The number of rotatable bonds is 3. The number of benzene rings is 1. The smallest absolute Gasteiger partial charge is 0.159 e. The van der Waals surface area contributed by atoms with E-state index in [9.17, 15) is 0 Å². The van der Waals surface area contributed by atoms with Crippen molar-refractivity contribution in [2.24, 2.45) is 0 Å². The molecular formula is C19H17N5. The number of aromatic nitrogens is 4. The number of fused-ring (bicyclic) bond motifs is 1. The fourth-order valence-corrected chi connectivity index (χ4v) is 2.76. The zero-order chi connectivity index (χ0) is 16.5. The van der Waals surface area contributed by atoms with E-state index in [1.54, 1.807) is 6.20 Å². The third kappa shape index (κ3) is 2.50. The van der Waals surface area contributed by atoms with E-state index in [0.29, 0.717) is 0 Å². The Morgan fingerprint density at radius 1 is 1.00 bits per heavy atom. The number of pyridine rings is 1. The average Bonchev–Trinajstić information content (AvgIpc) is 3.05. The van der Waals surface area contributed by atoms with Crippen molar-refractivity contribution >= 4 is 11.3 Å². The van der Waals surface area contributed by atoms with Gasteiger partial charge in [0.1, 0.15) is 5.65 Å². The topological polar surface area (TPSA) is 55.1 Å². The molecule has 0 radical (unpaired) electrons. The van der Waals surface area contributed by atoms with Gasteiger partial charge in [-0.15, -0.1) is 0 Å². The molecule has 24 heavy (non-hydrogen) atoms. The lowest BCUT2D eigenvalue weighted by atomic mass is 10.1. The molecule has 0 saturated carbocycles. The van der Waals surface area contributed by atoms with Gasteiger partial charge in [-0.3, -0.25) is 4.40 Å². The van der Waals surface area contributed by atoms with E-state index in [-0.39, 0.29) is 0 Å². The molecule has 0 bridgehead atoms. The molecule has 4 rings (SSSR count). The van der Waals surface area contributed by atoms with Crippen LogP contribution < -0.4 is 5.32 Å². The molecule has 0 spiro atoms. The number of imidazole rings is 1. The summed E-state index contributed by atoms with van der Waals surface area (Å²) >= 11 is 0. The van der Waals surface area contributed by atoms with Crippen LogP contribution in [-0.2, 0) is 0 Å². The lowest BCUT2D eigenvalue weighted by molar-refractivity contribution is 1.10. The van der Waals surface area contributed by atoms with E-state index in [1.807, 2.05) is 56.7 Å². The average molecular weight is 315 g/mol. The quantitative estimate of drug-likeness (QED) is 0.624. The number of aryl methyl sites for hydroxylation is 1. The standard InChI is InChI=1S/C19H17N5/c1-13-6-8-21-19(23-13)15-7-9-24-17(12-22-18(24)11-15)14-4-3-5-16(10-14)20-2/h3-12,20H,1-2H3. The molecule has 0 atom stereocenters. The minimum Gasteiger partial charge on any atom is -0.388 e. The van der Waals surface area contributed by atoms with Crippen LogP contribution in [0.4, 0.5) is 5.69 Å². The maximum Gasteiger partial charge on any atom is 0.159 e. The lowest BCUT2D eigenvalue weighted by Gasteiger charge is -2.06. The Bertz CT molecular complexity index is 1020. The molecule has 0 aliphatic carbocycles. The summed E-state index contributed by atoms with van der Waals surface area (Å²) in [4.78, 5) is 13.4. The van der Waals surface area contributed by atoms with Crippen LogP contribution in [0.1, 0.15) is 5.69 Å². The highest BCUT2D eigenvalue weighted by atomic mass is 15.0. The fourth-order valence-electron chi connectivity index (χ4n) is 2.76. The zero-order valence-corrected chi connectivity index (χ0v) is 13.6. The van der Waals surface area contributed by atoms with Gasteiger partial charge in [-0.2, -0.15) is 0 Å². The van der Waals surface area contributed by atoms with Gasteiger partial charge in [0.05, 0.1) is 11.9 Å². The summed E-state index contributed by atoms with van der Waals surface area (Å²) in [6.07, 6.45) is 5.69. The third-order valence-electron chi connectivity index (χ3n) is 4.01. The molecule has 5 heteroatoms. The first kappa shape index (κ1) is 14.4. The highest BCUT2D eigenvalue weighted by Gasteiger charge is 2.09. The Labute approximate surface area is 140 Å². The van der Waals surface area contributed by atoms with E-state index in [4.69, 9.17) is 0 Å². The second-order valence-electron chi connectivity index (χ2n) is 5.64. The van der Waals surface area contributed by atoms with Crippen LogP contribution in [0.2, 0.25) is 0 Å². The number of anilines is 1. The van der Waals surface area contributed by atoms with Gasteiger partial charge in [0, 0.05) is 41.9 Å². The van der Waals surface area contributed by atoms with Crippen molar-refractivity contribution in [3.63, 3.8) is 0 Å². The van der Waals surface area contributed by atoms with Gasteiger partial charge in [0.2, 0.25) is 0 Å². The summed E-state index contributed by atoms with van der Waals surface area (Å²) in [7, 11) is 1.92. The van der Waals surface area contributed by atoms with Gasteiger partial charge in [0.25, 0.3) is 0 Å². The maximum absolute atomic E-state index is 4.55. The van der Waals surface area contributed by atoms with Gasteiger partial charge < -0.3 is 5.32 Å². The zero-order valence-electron chi connectivity index (χ0n) is 13.6. The number of nitrogens with zero attached hydrogens (tertiary/aromatic N) is 4. The summed E-state index contributed by atoms with van der Waals surface area (Å²) in [5, 5.41) is 3.17. The van der Waals surface area contributed by atoms with Crippen LogP contribution in [0, 0.1) is 6.92 Å². The molecule has 0 amide bonds. The molecule has 1 N–H and O–H groups in total. The van der Waals surface area contributed by atoms with Crippen LogP contribution in [0.5, 0.6) is 0 Å². The van der Waals surface area contributed by atoms with Crippen molar-refractivity contribution < 1.29 is 0 Å².